The molecular formula is C12H18N4O2. The van der Waals surface area contributed by atoms with E-state index in [1.54, 1.807) is 23.4 Å². The van der Waals surface area contributed by atoms with Gasteiger partial charge in [0.05, 0.1) is 24.5 Å². The number of aromatic nitrogens is 2. The lowest BCUT2D eigenvalue weighted by atomic mass is 9.98. The maximum atomic E-state index is 12.0. The van der Waals surface area contributed by atoms with Crippen molar-refractivity contribution in [3.63, 3.8) is 0 Å². The molecular weight excluding hydrogens is 232 g/mol. The monoisotopic (exact) mass is 250 g/mol. The van der Waals surface area contributed by atoms with Gasteiger partial charge in [-0.15, -0.1) is 0 Å². The molecule has 0 unspecified atom stereocenters. The van der Waals surface area contributed by atoms with Crippen molar-refractivity contribution in [2.45, 2.75) is 32.9 Å². The van der Waals surface area contributed by atoms with Crippen molar-refractivity contribution in [3.8, 4) is 0 Å². The molecule has 1 fully saturated rings. The van der Waals surface area contributed by atoms with E-state index in [0.29, 0.717) is 6.54 Å². The van der Waals surface area contributed by atoms with E-state index in [9.17, 15) is 9.59 Å². The molecule has 2 amide bonds. The molecule has 0 spiro atoms. The van der Waals surface area contributed by atoms with E-state index in [-0.39, 0.29) is 18.4 Å². The van der Waals surface area contributed by atoms with Gasteiger partial charge in [0.15, 0.2) is 0 Å². The van der Waals surface area contributed by atoms with Gasteiger partial charge < -0.3 is 10.2 Å². The zero-order valence-corrected chi connectivity index (χ0v) is 11.1. The molecule has 1 N–H and O–H groups in total. The largest absolute Gasteiger partial charge is 0.345 e. The zero-order valence-electron chi connectivity index (χ0n) is 11.1. The fraction of sp³-hybridized carbons (Fsp3) is 0.583. The van der Waals surface area contributed by atoms with Gasteiger partial charge in [-0.1, -0.05) is 0 Å². The summed E-state index contributed by atoms with van der Waals surface area (Å²) < 4.78 is 1.74. The van der Waals surface area contributed by atoms with Gasteiger partial charge in [0.25, 0.3) is 0 Å². The van der Waals surface area contributed by atoms with Crippen LogP contribution in [0.2, 0.25) is 0 Å². The molecule has 1 aromatic heterocycles. The number of nitrogens with one attached hydrogen (secondary N) is 1. The van der Waals surface area contributed by atoms with Crippen LogP contribution in [0, 0.1) is 6.92 Å². The highest BCUT2D eigenvalue weighted by atomic mass is 16.2. The van der Waals surface area contributed by atoms with Crippen molar-refractivity contribution >= 4 is 11.8 Å². The first-order valence-corrected chi connectivity index (χ1v) is 5.90. The van der Waals surface area contributed by atoms with E-state index in [1.165, 1.54) is 0 Å². The van der Waals surface area contributed by atoms with Crippen LogP contribution in [-0.2, 0) is 23.2 Å². The number of hydrogen-bond acceptors (Lipinski definition) is 3. The summed E-state index contributed by atoms with van der Waals surface area (Å²) in [7, 11) is 1.84. The standard InChI is InChI=1S/C12H18N4O2/c1-8-5-9(15(4)14-8)7-16-10(17)6-13-11(18)12(16,2)3/h5H,6-7H2,1-4H3,(H,13,18). The molecule has 18 heavy (non-hydrogen) atoms. The van der Waals surface area contributed by atoms with Crippen LogP contribution in [0.3, 0.4) is 0 Å². The fourth-order valence-corrected chi connectivity index (χ4v) is 2.16. The van der Waals surface area contributed by atoms with E-state index in [4.69, 9.17) is 0 Å². The minimum Gasteiger partial charge on any atom is -0.345 e. The van der Waals surface area contributed by atoms with Crippen molar-refractivity contribution in [1.29, 1.82) is 0 Å². The number of rotatable bonds is 2. The minimum absolute atomic E-state index is 0.0685. The van der Waals surface area contributed by atoms with Crippen LogP contribution in [0.5, 0.6) is 0 Å². The molecule has 2 rings (SSSR count). The highest BCUT2D eigenvalue weighted by Gasteiger charge is 2.41. The molecule has 6 nitrogen and oxygen atoms in total. The number of carbonyl (C=O) groups is 2. The second-order valence-corrected chi connectivity index (χ2v) is 5.12. The number of carbonyl (C=O) groups excluding carboxylic acids is 2. The van der Waals surface area contributed by atoms with E-state index in [0.717, 1.165) is 11.4 Å². The van der Waals surface area contributed by atoms with Gasteiger partial charge in [0, 0.05) is 7.05 Å². The summed E-state index contributed by atoms with van der Waals surface area (Å²) in [6.45, 7) is 5.88. The van der Waals surface area contributed by atoms with Crippen LogP contribution in [-0.4, -0.2) is 38.6 Å². The SMILES string of the molecule is Cc1cc(CN2C(=O)CNC(=O)C2(C)C)n(C)n1. The Morgan fingerprint density at radius 2 is 2.11 bits per heavy atom. The Kier molecular flexibility index (Phi) is 2.88. The molecule has 0 atom stereocenters. The smallest absolute Gasteiger partial charge is 0.245 e. The number of piperazine rings is 1. The normalized spacial score (nSPS) is 19.0. The third-order valence-electron chi connectivity index (χ3n) is 3.35. The van der Waals surface area contributed by atoms with Crippen LogP contribution in [0.15, 0.2) is 6.07 Å². The second-order valence-electron chi connectivity index (χ2n) is 5.12. The van der Waals surface area contributed by atoms with Crippen LogP contribution < -0.4 is 5.32 Å². The van der Waals surface area contributed by atoms with Crippen LogP contribution in [0.4, 0.5) is 0 Å². The topological polar surface area (TPSA) is 67.2 Å². The fourth-order valence-electron chi connectivity index (χ4n) is 2.16. The summed E-state index contributed by atoms with van der Waals surface area (Å²) in [6.07, 6.45) is 0. The van der Waals surface area contributed by atoms with Crippen LogP contribution in [0.1, 0.15) is 25.2 Å². The molecule has 0 saturated carbocycles. The minimum atomic E-state index is -0.826. The van der Waals surface area contributed by atoms with E-state index in [2.05, 4.69) is 10.4 Å². The van der Waals surface area contributed by atoms with Crippen LogP contribution in [0.25, 0.3) is 0 Å². The Labute approximate surface area is 106 Å². The highest BCUT2D eigenvalue weighted by Crippen LogP contribution is 2.21. The quantitative estimate of drug-likeness (QED) is 0.801. The predicted octanol–water partition coefficient (Wildman–Crippen LogP) is -0.0345. The summed E-state index contributed by atoms with van der Waals surface area (Å²) >= 11 is 0. The molecule has 0 radical (unpaired) electrons. The first-order chi connectivity index (χ1) is 8.32. The maximum Gasteiger partial charge on any atom is 0.245 e. The van der Waals surface area contributed by atoms with Gasteiger partial charge in [-0.25, -0.2) is 0 Å². The lowest BCUT2D eigenvalue weighted by molar-refractivity contribution is -0.152. The van der Waals surface area contributed by atoms with Gasteiger partial charge in [-0.3, -0.25) is 14.3 Å². The number of nitrogens with zero attached hydrogens (tertiary/aromatic N) is 3. The van der Waals surface area contributed by atoms with Crippen molar-refractivity contribution < 1.29 is 9.59 Å². The van der Waals surface area contributed by atoms with Crippen molar-refractivity contribution in [3.05, 3.63) is 17.5 Å². The molecule has 1 saturated heterocycles. The summed E-state index contributed by atoms with van der Waals surface area (Å²) in [4.78, 5) is 25.4. The lowest BCUT2D eigenvalue weighted by Gasteiger charge is -2.40. The molecule has 98 valence electrons. The van der Waals surface area contributed by atoms with Gasteiger partial charge in [-0.05, 0) is 26.8 Å². The summed E-state index contributed by atoms with van der Waals surface area (Å²) in [5.74, 6) is -0.195. The van der Waals surface area contributed by atoms with E-state index in [1.807, 2.05) is 20.0 Å². The first-order valence-electron chi connectivity index (χ1n) is 5.90. The summed E-state index contributed by atoms with van der Waals surface area (Å²) in [5.41, 5.74) is 0.996. The summed E-state index contributed by atoms with van der Waals surface area (Å²) in [5, 5.41) is 6.85. The Hall–Kier alpha value is -1.85. The van der Waals surface area contributed by atoms with Crippen molar-refractivity contribution in [2.75, 3.05) is 6.54 Å². The van der Waals surface area contributed by atoms with Crippen molar-refractivity contribution in [2.24, 2.45) is 7.05 Å². The predicted molar refractivity (Wildman–Crippen MR) is 65.6 cm³/mol. The number of amides is 2. The highest BCUT2D eigenvalue weighted by molar-refractivity contribution is 5.97. The molecule has 1 aromatic rings. The Morgan fingerprint density at radius 1 is 1.44 bits per heavy atom. The molecule has 1 aliphatic rings. The van der Waals surface area contributed by atoms with Gasteiger partial charge >= 0.3 is 0 Å². The zero-order chi connectivity index (χ0) is 13.5. The van der Waals surface area contributed by atoms with Crippen LogP contribution >= 0.6 is 0 Å². The third kappa shape index (κ3) is 1.98. The molecule has 0 bridgehead atoms. The molecule has 0 aromatic carbocycles. The summed E-state index contributed by atoms with van der Waals surface area (Å²) in [6, 6.07) is 1.93. The Bertz CT molecular complexity index is 504. The lowest BCUT2D eigenvalue weighted by Crippen LogP contribution is -2.63. The number of hydrogen-bond donors (Lipinski definition) is 1. The molecule has 6 heteroatoms. The Morgan fingerprint density at radius 3 is 2.67 bits per heavy atom. The average Bonchev–Trinajstić information content (AvgIpc) is 2.58. The average molecular weight is 250 g/mol. The maximum absolute atomic E-state index is 12.0. The van der Waals surface area contributed by atoms with Gasteiger partial charge in [0.2, 0.25) is 11.8 Å². The molecule has 1 aliphatic heterocycles. The van der Waals surface area contributed by atoms with E-state index >= 15 is 0 Å². The second kappa shape index (κ2) is 4.12. The van der Waals surface area contributed by atoms with E-state index < -0.39 is 5.54 Å². The number of aryl methyl sites for hydroxylation is 2. The molecule has 2 heterocycles. The molecule has 0 aliphatic carbocycles. The van der Waals surface area contributed by atoms with Gasteiger partial charge in [-0.2, -0.15) is 5.10 Å². The first kappa shape index (κ1) is 12.6. The third-order valence-corrected chi connectivity index (χ3v) is 3.35. The van der Waals surface area contributed by atoms with Crippen molar-refractivity contribution in [1.82, 2.24) is 20.0 Å². The van der Waals surface area contributed by atoms with Gasteiger partial charge in [0.1, 0.15) is 5.54 Å². The Balaban J connectivity index is 2.28.